The zero-order chi connectivity index (χ0) is 14.3. The van der Waals surface area contributed by atoms with Gasteiger partial charge in [0, 0.05) is 25.8 Å². The summed E-state index contributed by atoms with van der Waals surface area (Å²) in [6.45, 7) is 0. The molecule has 2 aliphatic rings. The van der Waals surface area contributed by atoms with Crippen LogP contribution in [0.5, 0.6) is 0 Å². The Morgan fingerprint density at radius 1 is 1.19 bits per heavy atom. The molecule has 0 atom stereocenters. The van der Waals surface area contributed by atoms with E-state index in [0.717, 1.165) is 16.4 Å². The number of aliphatic imine (C=N–C) groups is 1. The third kappa shape index (κ3) is 3.01. The zero-order valence-electron chi connectivity index (χ0n) is 11.9. The van der Waals surface area contributed by atoms with Gasteiger partial charge in [0.25, 0.3) is 5.56 Å². The lowest BCUT2D eigenvalue weighted by Gasteiger charge is -2.20. The predicted octanol–water partition coefficient (Wildman–Crippen LogP) is 3.74. The van der Waals surface area contributed by atoms with Gasteiger partial charge in [-0.2, -0.15) is 0 Å². The van der Waals surface area contributed by atoms with Gasteiger partial charge in [0.05, 0.1) is 10.6 Å². The maximum atomic E-state index is 12.3. The number of hydrogen-bond donors (Lipinski definition) is 0. The molecule has 116 valence electrons. The SMILES string of the molecule is C.Cn1c2c(c(=O)n(C)c1=S)CC(SC1CCCCC1)=N2. The van der Waals surface area contributed by atoms with Crippen LogP contribution in [-0.4, -0.2) is 19.4 Å². The minimum absolute atomic E-state index is 0. The Morgan fingerprint density at radius 3 is 2.52 bits per heavy atom. The van der Waals surface area contributed by atoms with Crippen LogP contribution in [0.2, 0.25) is 0 Å². The van der Waals surface area contributed by atoms with E-state index < -0.39 is 0 Å². The van der Waals surface area contributed by atoms with E-state index in [1.807, 2.05) is 23.4 Å². The van der Waals surface area contributed by atoms with Crippen LogP contribution in [0, 0.1) is 4.77 Å². The molecule has 0 unspecified atom stereocenters. The minimum atomic E-state index is 0. The highest BCUT2D eigenvalue weighted by molar-refractivity contribution is 8.14. The molecule has 3 rings (SSSR count). The molecular weight excluding hydrogens is 302 g/mol. The number of thioether (sulfide) groups is 1. The number of nitrogens with zero attached hydrogens (tertiary/aromatic N) is 3. The smallest absolute Gasteiger partial charge is 0.259 e. The van der Waals surface area contributed by atoms with Crippen molar-refractivity contribution in [3.63, 3.8) is 0 Å². The Hall–Kier alpha value is -0.880. The Balaban J connectivity index is 0.00000161. The van der Waals surface area contributed by atoms with Crippen LogP contribution in [0.4, 0.5) is 5.82 Å². The zero-order valence-corrected chi connectivity index (χ0v) is 13.5. The first-order valence-electron chi connectivity index (χ1n) is 7.11. The van der Waals surface area contributed by atoms with Crippen molar-refractivity contribution in [3.8, 4) is 0 Å². The van der Waals surface area contributed by atoms with Gasteiger partial charge in [-0.05, 0) is 25.1 Å². The normalized spacial score (nSPS) is 18.1. The van der Waals surface area contributed by atoms with Gasteiger partial charge in [0.2, 0.25) is 0 Å². The van der Waals surface area contributed by atoms with Gasteiger partial charge in [0.1, 0.15) is 5.82 Å². The van der Waals surface area contributed by atoms with E-state index in [2.05, 4.69) is 4.99 Å². The van der Waals surface area contributed by atoms with Gasteiger partial charge in [0.15, 0.2) is 4.77 Å². The summed E-state index contributed by atoms with van der Waals surface area (Å²) in [5.41, 5.74) is 0.799. The average Bonchev–Trinajstić information content (AvgIpc) is 2.88. The van der Waals surface area contributed by atoms with Gasteiger partial charge in [-0.15, -0.1) is 11.8 Å². The lowest BCUT2D eigenvalue weighted by molar-refractivity contribution is 0.517. The van der Waals surface area contributed by atoms with Gasteiger partial charge in [-0.25, -0.2) is 4.99 Å². The van der Waals surface area contributed by atoms with Crippen molar-refractivity contribution in [2.45, 2.75) is 51.2 Å². The molecule has 0 amide bonds. The molecule has 1 aromatic heterocycles. The Bertz CT molecular complexity index is 681. The Morgan fingerprint density at radius 2 is 1.86 bits per heavy atom. The van der Waals surface area contributed by atoms with Crippen molar-refractivity contribution < 1.29 is 0 Å². The van der Waals surface area contributed by atoms with E-state index in [0.29, 0.717) is 16.4 Å². The molecule has 1 aliphatic heterocycles. The van der Waals surface area contributed by atoms with Crippen molar-refractivity contribution in [2.75, 3.05) is 0 Å². The van der Waals surface area contributed by atoms with Crippen LogP contribution in [0.15, 0.2) is 9.79 Å². The quantitative estimate of drug-likeness (QED) is 0.738. The van der Waals surface area contributed by atoms with Crippen LogP contribution in [0.1, 0.15) is 45.1 Å². The fraction of sp³-hybridized carbons (Fsp3) is 0.667. The molecule has 1 fully saturated rings. The summed E-state index contributed by atoms with van der Waals surface area (Å²) in [5.74, 6) is 0.761. The van der Waals surface area contributed by atoms with Crippen LogP contribution in [0.3, 0.4) is 0 Å². The molecule has 0 radical (unpaired) electrons. The molecule has 2 heterocycles. The summed E-state index contributed by atoms with van der Waals surface area (Å²) in [4.78, 5) is 16.9. The predicted molar refractivity (Wildman–Crippen MR) is 93.5 cm³/mol. The molecule has 0 bridgehead atoms. The van der Waals surface area contributed by atoms with E-state index >= 15 is 0 Å². The van der Waals surface area contributed by atoms with Crippen molar-refractivity contribution in [2.24, 2.45) is 19.1 Å². The summed E-state index contributed by atoms with van der Waals surface area (Å²) < 4.78 is 3.92. The molecule has 0 N–H and O–H groups in total. The molecule has 4 nitrogen and oxygen atoms in total. The van der Waals surface area contributed by atoms with Gasteiger partial charge < -0.3 is 4.57 Å². The number of aromatic nitrogens is 2. The third-order valence-electron chi connectivity index (χ3n) is 4.14. The van der Waals surface area contributed by atoms with Crippen molar-refractivity contribution >= 4 is 34.8 Å². The second-order valence-corrected chi connectivity index (χ2v) is 7.31. The van der Waals surface area contributed by atoms with E-state index in [9.17, 15) is 4.79 Å². The highest BCUT2D eigenvalue weighted by Crippen LogP contribution is 2.34. The van der Waals surface area contributed by atoms with Crippen LogP contribution >= 0.6 is 24.0 Å². The largest absolute Gasteiger partial charge is 0.306 e. The van der Waals surface area contributed by atoms with Crippen LogP contribution < -0.4 is 5.56 Å². The fourth-order valence-corrected chi connectivity index (χ4v) is 4.44. The number of rotatable bonds is 1. The monoisotopic (exact) mass is 325 g/mol. The van der Waals surface area contributed by atoms with E-state index in [1.165, 1.54) is 36.7 Å². The molecule has 6 heteroatoms. The van der Waals surface area contributed by atoms with E-state index in [-0.39, 0.29) is 13.0 Å². The lowest BCUT2D eigenvalue weighted by Crippen LogP contribution is -2.24. The molecule has 0 aromatic carbocycles. The van der Waals surface area contributed by atoms with Gasteiger partial charge >= 0.3 is 0 Å². The Kier molecular flexibility index (Phi) is 5.09. The van der Waals surface area contributed by atoms with E-state index in [1.54, 1.807) is 7.05 Å². The maximum absolute atomic E-state index is 12.3. The topological polar surface area (TPSA) is 39.3 Å². The first kappa shape index (κ1) is 16.5. The third-order valence-corrected chi connectivity index (χ3v) is 6.00. The van der Waals surface area contributed by atoms with Crippen LogP contribution in [0.25, 0.3) is 0 Å². The number of hydrogen-bond acceptors (Lipinski definition) is 4. The molecular formula is C15H23N3OS2. The first-order chi connectivity index (χ1) is 9.58. The van der Waals surface area contributed by atoms with Crippen molar-refractivity contribution in [1.82, 2.24) is 9.13 Å². The van der Waals surface area contributed by atoms with Crippen molar-refractivity contribution in [1.29, 1.82) is 0 Å². The molecule has 1 saturated carbocycles. The summed E-state index contributed by atoms with van der Waals surface area (Å²) in [6.07, 6.45) is 7.23. The van der Waals surface area contributed by atoms with Gasteiger partial charge in [-0.3, -0.25) is 9.36 Å². The maximum Gasteiger partial charge on any atom is 0.259 e. The first-order valence-corrected chi connectivity index (χ1v) is 8.40. The Labute approximate surface area is 135 Å². The summed E-state index contributed by atoms with van der Waals surface area (Å²) in [5, 5.41) is 1.76. The highest BCUT2D eigenvalue weighted by atomic mass is 32.2. The van der Waals surface area contributed by atoms with Crippen LogP contribution in [-0.2, 0) is 20.5 Å². The summed E-state index contributed by atoms with van der Waals surface area (Å²) in [6, 6.07) is 0. The second kappa shape index (κ2) is 6.48. The minimum Gasteiger partial charge on any atom is -0.306 e. The van der Waals surface area contributed by atoms with E-state index in [4.69, 9.17) is 12.2 Å². The average molecular weight is 326 g/mol. The standard InChI is InChI=1S/C14H19N3OS2.CH4/c1-16-12-10(13(18)17(2)14(16)19)8-11(15-12)20-9-6-4-3-5-7-9;/h9H,3-8H2,1-2H3;1H4. The van der Waals surface area contributed by atoms with Gasteiger partial charge in [-0.1, -0.05) is 26.7 Å². The lowest BCUT2D eigenvalue weighted by atomic mass is 10.0. The summed E-state index contributed by atoms with van der Waals surface area (Å²) in [7, 11) is 3.62. The molecule has 0 saturated heterocycles. The summed E-state index contributed by atoms with van der Waals surface area (Å²) >= 11 is 7.14. The molecule has 0 spiro atoms. The highest BCUT2D eigenvalue weighted by Gasteiger charge is 2.25. The number of fused-ring (bicyclic) bond motifs is 1. The molecule has 1 aromatic rings. The fourth-order valence-electron chi connectivity index (χ4n) is 2.95. The van der Waals surface area contributed by atoms with Crippen molar-refractivity contribution in [3.05, 3.63) is 20.7 Å². The molecule has 21 heavy (non-hydrogen) atoms. The second-order valence-electron chi connectivity index (χ2n) is 5.57. The molecule has 1 aliphatic carbocycles.